The van der Waals surface area contributed by atoms with Crippen molar-refractivity contribution >= 4 is 17.5 Å². The molecule has 0 radical (unpaired) electrons. The van der Waals surface area contributed by atoms with E-state index < -0.39 is 18.0 Å². The number of hydrogen-bond acceptors (Lipinski definition) is 3. The second kappa shape index (κ2) is 7.47. The van der Waals surface area contributed by atoms with E-state index in [1.807, 2.05) is 30.3 Å². The molecule has 0 aliphatic carbocycles. The monoisotopic (exact) mass is 367 g/mol. The first kappa shape index (κ1) is 18.4. The maximum Gasteiger partial charge on any atom is 0.393 e. The molecule has 0 aromatic heterocycles. The van der Waals surface area contributed by atoms with Crippen molar-refractivity contribution in [1.29, 1.82) is 0 Å². The van der Waals surface area contributed by atoms with Crippen LogP contribution < -0.4 is 0 Å². The number of alkyl halides is 3. The fourth-order valence-corrected chi connectivity index (χ4v) is 3.25. The number of likely N-dealkylation sites (tertiary alicyclic amines) is 1. The molecule has 0 bridgehead atoms. The highest BCUT2D eigenvalue weighted by molar-refractivity contribution is 6.39. The quantitative estimate of drug-likeness (QED) is 0.825. The highest BCUT2D eigenvalue weighted by Crippen LogP contribution is 2.33. The van der Waals surface area contributed by atoms with Gasteiger partial charge in [-0.05, 0) is 18.4 Å². The van der Waals surface area contributed by atoms with Gasteiger partial charge < -0.3 is 4.90 Å². The molecule has 1 aromatic carbocycles. The summed E-state index contributed by atoms with van der Waals surface area (Å²) in [6.45, 7) is 0.187. The number of piperidine rings is 1. The van der Waals surface area contributed by atoms with Crippen LogP contribution in [0.4, 0.5) is 13.2 Å². The van der Waals surface area contributed by atoms with Gasteiger partial charge in [0.05, 0.1) is 12.5 Å². The van der Waals surface area contributed by atoms with Crippen molar-refractivity contribution in [3.63, 3.8) is 0 Å². The lowest BCUT2D eigenvalue weighted by Gasteiger charge is -2.34. The van der Waals surface area contributed by atoms with Crippen LogP contribution in [0, 0.1) is 5.92 Å². The summed E-state index contributed by atoms with van der Waals surface area (Å²) < 4.78 is 38.9. The van der Waals surface area contributed by atoms with Gasteiger partial charge in [0, 0.05) is 25.9 Å². The van der Waals surface area contributed by atoms with Gasteiger partial charge in [0.1, 0.15) is 5.71 Å². The molecular weight excluding hydrogens is 347 g/mol. The van der Waals surface area contributed by atoms with Crippen LogP contribution in [0.5, 0.6) is 0 Å². The van der Waals surface area contributed by atoms with E-state index in [0.29, 0.717) is 6.42 Å². The minimum Gasteiger partial charge on any atom is -0.337 e. The number of carbonyl (C=O) groups is 2. The van der Waals surface area contributed by atoms with Gasteiger partial charge in [-0.1, -0.05) is 30.3 Å². The van der Waals surface area contributed by atoms with Crippen LogP contribution in [0.3, 0.4) is 0 Å². The fourth-order valence-electron chi connectivity index (χ4n) is 3.25. The Labute approximate surface area is 149 Å². The summed E-state index contributed by atoms with van der Waals surface area (Å²) in [5.74, 6) is -2.19. The summed E-state index contributed by atoms with van der Waals surface area (Å²) >= 11 is 0. The molecule has 8 heteroatoms. The molecule has 2 heterocycles. The minimum atomic E-state index is -4.30. The van der Waals surface area contributed by atoms with Crippen LogP contribution in [0.1, 0.15) is 31.2 Å². The van der Waals surface area contributed by atoms with Gasteiger partial charge in [-0.15, -0.1) is 0 Å². The predicted molar refractivity (Wildman–Crippen MR) is 89.0 cm³/mol. The summed E-state index contributed by atoms with van der Waals surface area (Å²) in [6, 6.07) is 9.22. The topological polar surface area (TPSA) is 53.0 Å². The van der Waals surface area contributed by atoms with Crippen LogP contribution in [-0.2, 0) is 16.1 Å². The lowest BCUT2D eigenvalue weighted by Crippen LogP contribution is -2.48. The van der Waals surface area contributed by atoms with Gasteiger partial charge in [0.15, 0.2) is 0 Å². The van der Waals surface area contributed by atoms with E-state index in [0.717, 1.165) is 5.56 Å². The van der Waals surface area contributed by atoms with E-state index in [1.165, 1.54) is 9.91 Å². The summed E-state index contributed by atoms with van der Waals surface area (Å²) in [7, 11) is 0. The molecule has 1 saturated heterocycles. The Morgan fingerprint density at radius 2 is 1.92 bits per heavy atom. The zero-order valence-electron chi connectivity index (χ0n) is 14.2. The molecule has 1 fully saturated rings. The Bertz CT molecular complexity index is 703. The van der Waals surface area contributed by atoms with Crippen molar-refractivity contribution in [2.75, 3.05) is 13.1 Å². The molecule has 0 saturated carbocycles. The third-order valence-corrected chi connectivity index (χ3v) is 4.70. The second-order valence-electron chi connectivity index (χ2n) is 6.62. The van der Waals surface area contributed by atoms with E-state index in [-0.39, 0.29) is 50.5 Å². The molecule has 5 nitrogen and oxygen atoms in total. The van der Waals surface area contributed by atoms with Crippen LogP contribution >= 0.6 is 0 Å². The zero-order valence-corrected chi connectivity index (χ0v) is 14.2. The fraction of sp³-hybridized carbons (Fsp3) is 0.500. The second-order valence-corrected chi connectivity index (χ2v) is 6.62. The van der Waals surface area contributed by atoms with E-state index in [1.54, 1.807) is 0 Å². The molecular formula is C18H20F3N3O2. The average molecular weight is 367 g/mol. The van der Waals surface area contributed by atoms with E-state index in [9.17, 15) is 22.8 Å². The average Bonchev–Trinajstić information content (AvgIpc) is 2.63. The molecule has 2 aliphatic heterocycles. The summed E-state index contributed by atoms with van der Waals surface area (Å²) in [5.41, 5.74) is 1.02. The Hall–Kier alpha value is -2.38. The van der Waals surface area contributed by atoms with Crippen molar-refractivity contribution in [1.82, 2.24) is 9.91 Å². The minimum absolute atomic E-state index is 0.0401. The predicted octanol–water partition coefficient (Wildman–Crippen LogP) is 2.97. The number of benzene rings is 1. The molecule has 2 aliphatic rings. The highest BCUT2D eigenvalue weighted by Gasteiger charge is 2.43. The van der Waals surface area contributed by atoms with Gasteiger partial charge in [-0.25, -0.2) is 5.01 Å². The SMILES string of the molecule is O=C(C1=NN(Cc2ccccc2)C(=O)CC1)N1CCCC(C(F)(F)F)C1. The number of rotatable bonds is 3. The molecule has 3 rings (SSSR count). The Morgan fingerprint density at radius 3 is 2.62 bits per heavy atom. The maximum absolute atomic E-state index is 13.0. The molecule has 0 spiro atoms. The van der Waals surface area contributed by atoms with Crippen molar-refractivity contribution < 1.29 is 22.8 Å². The Balaban J connectivity index is 1.72. The molecule has 140 valence electrons. The Kier molecular flexibility index (Phi) is 5.29. The lowest BCUT2D eigenvalue weighted by atomic mass is 9.97. The maximum atomic E-state index is 13.0. The van der Waals surface area contributed by atoms with E-state index >= 15 is 0 Å². The zero-order chi connectivity index (χ0) is 18.7. The number of nitrogens with zero attached hydrogens (tertiary/aromatic N) is 3. The van der Waals surface area contributed by atoms with Crippen LogP contribution in [0.2, 0.25) is 0 Å². The van der Waals surface area contributed by atoms with Crippen LogP contribution in [0.25, 0.3) is 0 Å². The molecule has 26 heavy (non-hydrogen) atoms. The standard InChI is InChI=1S/C18H20F3N3O2/c19-18(20,21)14-7-4-10-23(12-14)17(26)15-8-9-16(25)24(22-15)11-13-5-2-1-3-6-13/h1-3,5-6,14H,4,7-12H2. The van der Waals surface area contributed by atoms with Gasteiger partial charge in [-0.2, -0.15) is 18.3 Å². The third-order valence-electron chi connectivity index (χ3n) is 4.70. The van der Waals surface area contributed by atoms with Gasteiger partial charge in [0.25, 0.3) is 5.91 Å². The molecule has 2 amide bonds. The lowest BCUT2D eigenvalue weighted by molar-refractivity contribution is -0.187. The number of hydrogen-bond donors (Lipinski definition) is 0. The Morgan fingerprint density at radius 1 is 1.19 bits per heavy atom. The van der Waals surface area contributed by atoms with Gasteiger partial charge in [0.2, 0.25) is 5.91 Å². The first-order valence-electron chi connectivity index (χ1n) is 8.62. The molecule has 0 N–H and O–H groups in total. The molecule has 1 unspecified atom stereocenters. The van der Waals surface area contributed by atoms with Crippen LogP contribution in [0.15, 0.2) is 35.4 Å². The number of hydrazone groups is 1. The van der Waals surface area contributed by atoms with Crippen LogP contribution in [-0.4, -0.2) is 46.7 Å². The summed E-state index contributed by atoms with van der Waals surface area (Å²) in [5, 5.41) is 5.38. The van der Waals surface area contributed by atoms with Crippen molar-refractivity contribution in [3.05, 3.63) is 35.9 Å². The summed E-state index contributed by atoms with van der Waals surface area (Å²) in [6.07, 6.45) is -3.65. The normalized spacial score (nSPS) is 21.6. The van der Waals surface area contributed by atoms with Gasteiger partial charge in [-0.3, -0.25) is 9.59 Å². The summed E-state index contributed by atoms with van der Waals surface area (Å²) in [4.78, 5) is 25.9. The number of carbonyl (C=O) groups excluding carboxylic acids is 2. The molecule has 1 atom stereocenters. The third kappa shape index (κ3) is 4.23. The van der Waals surface area contributed by atoms with Crippen molar-refractivity contribution in [2.24, 2.45) is 11.0 Å². The molecule has 1 aromatic rings. The highest BCUT2D eigenvalue weighted by atomic mass is 19.4. The van der Waals surface area contributed by atoms with E-state index in [2.05, 4.69) is 5.10 Å². The van der Waals surface area contributed by atoms with Crippen molar-refractivity contribution in [3.8, 4) is 0 Å². The van der Waals surface area contributed by atoms with E-state index in [4.69, 9.17) is 0 Å². The largest absolute Gasteiger partial charge is 0.393 e. The first-order chi connectivity index (χ1) is 12.3. The number of halogens is 3. The van der Waals surface area contributed by atoms with Crippen molar-refractivity contribution in [2.45, 2.75) is 38.4 Å². The first-order valence-corrected chi connectivity index (χ1v) is 8.62. The number of amides is 2. The van der Waals surface area contributed by atoms with Gasteiger partial charge >= 0.3 is 6.18 Å². The smallest absolute Gasteiger partial charge is 0.337 e.